The van der Waals surface area contributed by atoms with Gasteiger partial charge < -0.3 is 5.73 Å². The molecule has 2 fully saturated rings. The summed E-state index contributed by atoms with van der Waals surface area (Å²) in [5.74, 6) is -0.390. The normalized spacial score (nSPS) is 30.8. The number of nitrogens with two attached hydrogens (primary N) is 1. The van der Waals surface area contributed by atoms with E-state index in [0.717, 1.165) is 12.0 Å². The van der Waals surface area contributed by atoms with E-state index >= 15 is 0 Å². The maximum absolute atomic E-state index is 12.5. The van der Waals surface area contributed by atoms with Crippen molar-refractivity contribution in [3.63, 3.8) is 0 Å². The lowest BCUT2D eigenvalue weighted by atomic mass is 9.89. The molecular formula is C19H22N2O2. The Bertz CT molecular complexity index is 651. The first-order chi connectivity index (χ1) is 11.1. The number of hydrogen-bond donors (Lipinski definition) is 1. The van der Waals surface area contributed by atoms with Crippen LogP contribution in [-0.2, 0) is 9.59 Å². The van der Waals surface area contributed by atoms with E-state index in [1.165, 1.54) is 4.90 Å². The van der Waals surface area contributed by atoms with E-state index in [1.807, 2.05) is 48.6 Å². The van der Waals surface area contributed by atoms with Gasteiger partial charge in [-0.3, -0.25) is 14.5 Å². The van der Waals surface area contributed by atoms with Gasteiger partial charge in [-0.2, -0.15) is 0 Å². The molecule has 0 spiro atoms. The molecule has 2 amide bonds. The van der Waals surface area contributed by atoms with Crippen LogP contribution in [0.3, 0.4) is 0 Å². The Morgan fingerprint density at radius 3 is 2.30 bits per heavy atom. The molecule has 1 aliphatic carbocycles. The van der Waals surface area contributed by atoms with Crippen molar-refractivity contribution in [2.45, 2.75) is 6.42 Å². The molecule has 1 aromatic rings. The molecule has 1 heterocycles. The van der Waals surface area contributed by atoms with Crippen LogP contribution >= 0.6 is 0 Å². The second kappa shape index (κ2) is 6.50. The van der Waals surface area contributed by atoms with Crippen molar-refractivity contribution in [2.24, 2.45) is 29.4 Å². The summed E-state index contributed by atoms with van der Waals surface area (Å²) < 4.78 is 0. The van der Waals surface area contributed by atoms with E-state index < -0.39 is 0 Å². The number of likely N-dealkylation sites (tertiary alicyclic amines) is 1. The smallest absolute Gasteiger partial charge is 0.233 e. The van der Waals surface area contributed by atoms with Crippen molar-refractivity contribution in [1.29, 1.82) is 0 Å². The number of fused-ring (bicyclic) bond motifs is 1. The van der Waals surface area contributed by atoms with E-state index in [4.69, 9.17) is 5.73 Å². The van der Waals surface area contributed by atoms with E-state index in [0.29, 0.717) is 6.54 Å². The minimum absolute atomic E-state index is 0.0497. The van der Waals surface area contributed by atoms with Crippen molar-refractivity contribution >= 4 is 17.9 Å². The number of carbonyl (C=O) groups is 2. The summed E-state index contributed by atoms with van der Waals surface area (Å²) in [5.41, 5.74) is 6.65. The summed E-state index contributed by atoms with van der Waals surface area (Å²) in [6, 6.07) is 10.0. The molecule has 0 bridgehead atoms. The Labute approximate surface area is 136 Å². The van der Waals surface area contributed by atoms with E-state index in [-0.39, 0.29) is 35.5 Å². The first-order valence-corrected chi connectivity index (χ1v) is 8.05. The van der Waals surface area contributed by atoms with Gasteiger partial charge in [0.2, 0.25) is 11.8 Å². The zero-order valence-corrected chi connectivity index (χ0v) is 13.3. The molecule has 120 valence electrons. The first-order valence-electron chi connectivity index (χ1n) is 8.05. The van der Waals surface area contributed by atoms with E-state index in [2.05, 4.69) is 6.08 Å². The van der Waals surface area contributed by atoms with Gasteiger partial charge in [0.25, 0.3) is 0 Å². The summed E-state index contributed by atoms with van der Waals surface area (Å²) in [4.78, 5) is 26.2. The SMILES string of the molecule is CN1C(=O)C2C(/C=C/CN)CC(/C=C/c3ccccc3)C2C1=O. The molecule has 2 N–H and O–H groups in total. The number of hydrogen-bond acceptors (Lipinski definition) is 3. The average Bonchev–Trinajstić information content (AvgIpc) is 3.04. The van der Waals surface area contributed by atoms with Crippen LogP contribution < -0.4 is 5.73 Å². The van der Waals surface area contributed by atoms with Crippen molar-refractivity contribution < 1.29 is 9.59 Å². The minimum Gasteiger partial charge on any atom is -0.327 e. The summed E-state index contributed by atoms with van der Waals surface area (Å²) in [6.07, 6.45) is 8.86. The fourth-order valence-electron chi connectivity index (χ4n) is 3.82. The lowest BCUT2D eigenvalue weighted by molar-refractivity contribution is -0.139. The van der Waals surface area contributed by atoms with Crippen molar-refractivity contribution in [3.05, 3.63) is 54.1 Å². The number of imide groups is 1. The average molecular weight is 310 g/mol. The van der Waals surface area contributed by atoms with Gasteiger partial charge in [-0.15, -0.1) is 0 Å². The molecular weight excluding hydrogens is 288 g/mol. The predicted octanol–water partition coefficient (Wildman–Crippen LogP) is 2.08. The molecule has 23 heavy (non-hydrogen) atoms. The van der Waals surface area contributed by atoms with Gasteiger partial charge in [0.1, 0.15) is 0 Å². The zero-order chi connectivity index (χ0) is 16.4. The van der Waals surface area contributed by atoms with Crippen molar-refractivity contribution in [3.8, 4) is 0 Å². The molecule has 3 rings (SSSR count). The number of carbonyl (C=O) groups excluding carboxylic acids is 2. The summed E-state index contributed by atoms with van der Waals surface area (Å²) in [6.45, 7) is 0.455. The molecule has 1 saturated carbocycles. The van der Waals surface area contributed by atoms with Crippen LogP contribution in [0.25, 0.3) is 6.08 Å². The fraction of sp³-hybridized carbons (Fsp3) is 0.368. The topological polar surface area (TPSA) is 63.4 Å². The minimum atomic E-state index is -0.236. The predicted molar refractivity (Wildman–Crippen MR) is 90.0 cm³/mol. The standard InChI is InChI=1S/C19H22N2O2/c1-21-18(22)16-14(8-5-11-20)12-15(17(16)19(21)23)10-9-13-6-3-2-4-7-13/h2-10,14-17H,11-12,20H2,1H3/b8-5+,10-9+. The number of nitrogens with zero attached hydrogens (tertiary/aromatic N) is 1. The Hall–Kier alpha value is -2.20. The van der Waals surface area contributed by atoms with Gasteiger partial charge in [-0.1, -0.05) is 54.6 Å². The quantitative estimate of drug-likeness (QED) is 0.684. The third kappa shape index (κ3) is 2.86. The molecule has 1 aliphatic heterocycles. The highest BCUT2D eigenvalue weighted by Crippen LogP contribution is 2.48. The van der Waals surface area contributed by atoms with Gasteiger partial charge in [0.15, 0.2) is 0 Å². The molecule has 1 aromatic carbocycles. The van der Waals surface area contributed by atoms with E-state index in [1.54, 1.807) is 7.05 Å². The maximum Gasteiger partial charge on any atom is 0.233 e. The van der Waals surface area contributed by atoms with Gasteiger partial charge in [0, 0.05) is 13.6 Å². The highest BCUT2D eigenvalue weighted by molar-refractivity contribution is 6.05. The third-order valence-electron chi connectivity index (χ3n) is 4.94. The molecule has 4 heteroatoms. The number of rotatable bonds is 4. The summed E-state index contributed by atoms with van der Waals surface area (Å²) in [5, 5.41) is 0. The summed E-state index contributed by atoms with van der Waals surface area (Å²) >= 11 is 0. The van der Waals surface area contributed by atoms with Crippen LogP contribution in [0, 0.1) is 23.7 Å². The number of benzene rings is 1. The molecule has 4 nitrogen and oxygen atoms in total. The van der Waals surface area contributed by atoms with Crippen LogP contribution in [0.4, 0.5) is 0 Å². The fourth-order valence-corrected chi connectivity index (χ4v) is 3.82. The summed E-state index contributed by atoms with van der Waals surface area (Å²) in [7, 11) is 1.59. The highest BCUT2D eigenvalue weighted by Gasteiger charge is 2.56. The van der Waals surface area contributed by atoms with Crippen molar-refractivity contribution in [1.82, 2.24) is 4.90 Å². The van der Waals surface area contributed by atoms with Gasteiger partial charge >= 0.3 is 0 Å². The molecule has 2 aliphatic rings. The molecule has 4 atom stereocenters. The third-order valence-corrected chi connectivity index (χ3v) is 4.94. The van der Waals surface area contributed by atoms with Gasteiger partial charge in [-0.05, 0) is 23.8 Å². The van der Waals surface area contributed by atoms with Crippen LogP contribution in [0.1, 0.15) is 12.0 Å². The Morgan fingerprint density at radius 1 is 1.09 bits per heavy atom. The molecule has 4 unspecified atom stereocenters. The van der Waals surface area contributed by atoms with Gasteiger partial charge in [0.05, 0.1) is 11.8 Å². The second-order valence-corrected chi connectivity index (χ2v) is 6.28. The number of amides is 2. The maximum atomic E-state index is 12.5. The molecule has 1 saturated heterocycles. The van der Waals surface area contributed by atoms with Crippen LogP contribution in [-0.4, -0.2) is 30.3 Å². The Kier molecular flexibility index (Phi) is 4.44. The number of allylic oxidation sites excluding steroid dienone is 2. The monoisotopic (exact) mass is 310 g/mol. The molecule has 0 radical (unpaired) electrons. The lowest BCUT2D eigenvalue weighted by Gasteiger charge is -2.14. The van der Waals surface area contributed by atoms with Crippen molar-refractivity contribution in [2.75, 3.05) is 13.6 Å². The van der Waals surface area contributed by atoms with Crippen LogP contribution in [0.5, 0.6) is 0 Å². The first kappa shape index (κ1) is 15.7. The Balaban J connectivity index is 1.86. The lowest BCUT2D eigenvalue weighted by Crippen LogP contribution is -2.29. The largest absolute Gasteiger partial charge is 0.327 e. The van der Waals surface area contributed by atoms with Crippen LogP contribution in [0.2, 0.25) is 0 Å². The Morgan fingerprint density at radius 2 is 1.70 bits per heavy atom. The second-order valence-electron chi connectivity index (χ2n) is 6.28. The highest BCUT2D eigenvalue weighted by atomic mass is 16.2. The van der Waals surface area contributed by atoms with E-state index in [9.17, 15) is 9.59 Å². The zero-order valence-electron chi connectivity index (χ0n) is 13.3. The van der Waals surface area contributed by atoms with Gasteiger partial charge in [-0.25, -0.2) is 0 Å². The molecule has 0 aromatic heterocycles. The van der Waals surface area contributed by atoms with Crippen LogP contribution in [0.15, 0.2) is 48.6 Å².